The first-order valence-corrected chi connectivity index (χ1v) is 9.66. The standard InChI is InChI=1S/C16H32O3Si/c1-4-19-20-14-12-10-8-6-5-7-9-11-13-18-16(17)15(2)3/h2,4-14,20H2,1,3H3. The number of rotatable bonds is 14. The Morgan fingerprint density at radius 2 is 1.55 bits per heavy atom. The summed E-state index contributed by atoms with van der Waals surface area (Å²) in [6.07, 6.45) is 10.1. The number of hydrogen-bond acceptors (Lipinski definition) is 3. The lowest BCUT2D eigenvalue weighted by molar-refractivity contribution is -0.139. The van der Waals surface area contributed by atoms with Crippen molar-refractivity contribution >= 4 is 15.7 Å². The van der Waals surface area contributed by atoms with E-state index in [9.17, 15) is 4.79 Å². The van der Waals surface area contributed by atoms with Gasteiger partial charge in [0.1, 0.15) is 0 Å². The number of ether oxygens (including phenoxy) is 1. The Bertz CT molecular complexity index is 254. The van der Waals surface area contributed by atoms with Gasteiger partial charge in [-0.2, -0.15) is 0 Å². The van der Waals surface area contributed by atoms with Crippen LogP contribution in [0.3, 0.4) is 0 Å². The van der Waals surface area contributed by atoms with E-state index in [4.69, 9.17) is 9.16 Å². The van der Waals surface area contributed by atoms with Gasteiger partial charge < -0.3 is 9.16 Å². The quantitative estimate of drug-likeness (QED) is 0.212. The molecule has 0 fully saturated rings. The molecule has 0 aromatic rings. The van der Waals surface area contributed by atoms with Crippen molar-refractivity contribution in [2.75, 3.05) is 13.2 Å². The number of hydrogen-bond donors (Lipinski definition) is 0. The number of unbranched alkanes of at least 4 members (excludes halogenated alkanes) is 7. The predicted octanol–water partition coefficient (Wildman–Crippen LogP) is 3.77. The van der Waals surface area contributed by atoms with Crippen molar-refractivity contribution < 1.29 is 14.0 Å². The lowest BCUT2D eigenvalue weighted by Gasteiger charge is -2.04. The maximum Gasteiger partial charge on any atom is 0.333 e. The smallest absolute Gasteiger partial charge is 0.333 e. The molecule has 0 rings (SSSR count). The Morgan fingerprint density at radius 1 is 1.00 bits per heavy atom. The van der Waals surface area contributed by atoms with Gasteiger partial charge in [0.25, 0.3) is 0 Å². The molecule has 3 nitrogen and oxygen atoms in total. The molecule has 4 heteroatoms. The van der Waals surface area contributed by atoms with Gasteiger partial charge in [0.05, 0.1) is 6.61 Å². The van der Waals surface area contributed by atoms with E-state index < -0.39 is 0 Å². The molecular weight excluding hydrogens is 268 g/mol. The second-order valence-corrected chi connectivity index (χ2v) is 6.82. The fourth-order valence-corrected chi connectivity index (χ4v) is 3.03. The van der Waals surface area contributed by atoms with Crippen LogP contribution in [0.4, 0.5) is 0 Å². The second kappa shape index (κ2) is 14.8. The van der Waals surface area contributed by atoms with E-state index in [-0.39, 0.29) is 15.7 Å². The van der Waals surface area contributed by atoms with Crippen molar-refractivity contribution in [3.63, 3.8) is 0 Å². The zero-order valence-corrected chi connectivity index (χ0v) is 14.8. The SMILES string of the molecule is C=C(C)C(=O)OCCCCCCCCCC[SiH2]OCC. The van der Waals surface area contributed by atoms with Crippen LogP contribution < -0.4 is 0 Å². The van der Waals surface area contributed by atoms with Gasteiger partial charge in [0.2, 0.25) is 0 Å². The van der Waals surface area contributed by atoms with Crippen LogP contribution in [0.25, 0.3) is 0 Å². The molecule has 0 atom stereocenters. The zero-order valence-electron chi connectivity index (χ0n) is 13.4. The van der Waals surface area contributed by atoms with E-state index in [0.29, 0.717) is 12.2 Å². The average Bonchev–Trinajstić information content (AvgIpc) is 2.43. The molecule has 118 valence electrons. The van der Waals surface area contributed by atoms with Gasteiger partial charge in [-0.1, -0.05) is 51.5 Å². The topological polar surface area (TPSA) is 35.5 Å². The third-order valence-electron chi connectivity index (χ3n) is 3.22. The molecular formula is C16H32O3Si. The van der Waals surface area contributed by atoms with Gasteiger partial charge >= 0.3 is 5.97 Å². The lowest BCUT2D eigenvalue weighted by atomic mass is 10.1. The van der Waals surface area contributed by atoms with Crippen LogP contribution in [-0.4, -0.2) is 28.9 Å². The lowest BCUT2D eigenvalue weighted by Crippen LogP contribution is -2.05. The average molecular weight is 301 g/mol. The van der Waals surface area contributed by atoms with E-state index in [1.807, 2.05) is 0 Å². The van der Waals surface area contributed by atoms with Crippen molar-refractivity contribution in [3.8, 4) is 0 Å². The first kappa shape index (κ1) is 19.4. The van der Waals surface area contributed by atoms with Crippen LogP contribution in [0.2, 0.25) is 6.04 Å². The highest BCUT2D eigenvalue weighted by atomic mass is 28.2. The highest BCUT2D eigenvalue weighted by Crippen LogP contribution is 2.10. The largest absolute Gasteiger partial charge is 0.462 e. The summed E-state index contributed by atoms with van der Waals surface area (Å²) in [5, 5.41) is 0. The molecule has 0 amide bonds. The fourth-order valence-electron chi connectivity index (χ4n) is 1.98. The van der Waals surface area contributed by atoms with E-state index in [0.717, 1.165) is 19.4 Å². The van der Waals surface area contributed by atoms with E-state index in [1.54, 1.807) is 6.92 Å². The maximum absolute atomic E-state index is 11.1. The van der Waals surface area contributed by atoms with Crippen molar-refractivity contribution in [2.45, 2.75) is 71.3 Å². The molecule has 0 N–H and O–H groups in total. The van der Waals surface area contributed by atoms with Gasteiger partial charge in [0, 0.05) is 12.2 Å². The summed E-state index contributed by atoms with van der Waals surface area (Å²) in [4.78, 5) is 11.1. The van der Waals surface area contributed by atoms with Gasteiger partial charge in [-0.05, 0) is 26.3 Å². The summed E-state index contributed by atoms with van der Waals surface area (Å²) in [7, 11) is -0.203. The fraction of sp³-hybridized carbons (Fsp3) is 0.812. The monoisotopic (exact) mass is 300 g/mol. The molecule has 0 saturated carbocycles. The highest BCUT2D eigenvalue weighted by molar-refractivity contribution is 6.26. The van der Waals surface area contributed by atoms with Crippen LogP contribution >= 0.6 is 0 Å². The maximum atomic E-state index is 11.1. The number of carbonyl (C=O) groups is 1. The molecule has 0 aromatic heterocycles. The van der Waals surface area contributed by atoms with Crippen LogP contribution in [-0.2, 0) is 14.0 Å². The first-order chi connectivity index (χ1) is 9.68. The Kier molecular flexibility index (Phi) is 14.3. The van der Waals surface area contributed by atoms with Gasteiger partial charge in [-0.15, -0.1) is 0 Å². The summed E-state index contributed by atoms with van der Waals surface area (Å²) >= 11 is 0. The summed E-state index contributed by atoms with van der Waals surface area (Å²) in [6.45, 7) is 8.74. The minimum Gasteiger partial charge on any atom is -0.462 e. The summed E-state index contributed by atoms with van der Waals surface area (Å²) in [5.74, 6) is -0.263. The van der Waals surface area contributed by atoms with Crippen molar-refractivity contribution in [1.29, 1.82) is 0 Å². The third kappa shape index (κ3) is 13.8. The summed E-state index contributed by atoms with van der Waals surface area (Å²) in [6, 6.07) is 1.34. The summed E-state index contributed by atoms with van der Waals surface area (Å²) in [5.41, 5.74) is 0.484. The number of esters is 1. The number of carbonyl (C=O) groups excluding carboxylic acids is 1. The molecule has 0 heterocycles. The second-order valence-electron chi connectivity index (χ2n) is 5.30. The molecule has 0 radical (unpaired) electrons. The first-order valence-electron chi connectivity index (χ1n) is 8.08. The van der Waals surface area contributed by atoms with Gasteiger partial charge in [-0.25, -0.2) is 4.79 Å². The molecule has 0 aromatic carbocycles. The van der Waals surface area contributed by atoms with Gasteiger partial charge in [-0.3, -0.25) is 0 Å². The van der Waals surface area contributed by atoms with E-state index >= 15 is 0 Å². The molecule has 0 saturated heterocycles. The Morgan fingerprint density at radius 3 is 2.10 bits per heavy atom. The van der Waals surface area contributed by atoms with Gasteiger partial charge in [0.15, 0.2) is 9.76 Å². The third-order valence-corrected chi connectivity index (χ3v) is 4.70. The Balaban J connectivity index is 3.06. The van der Waals surface area contributed by atoms with Crippen molar-refractivity contribution in [3.05, 3.63) is 12.2 Å². The van der Waals surface area contributed by atoms with E-state index in [2.05, 4.69) is 13.5 Å². The zero-order chi connectivity index (χ0) is 15.1. The molecule has 20 heavy (non-hydrogen) atoms. The molecule has 0 bridgehead atoms. The molecule has 0 spiro atoms. The van der Waals surface area contributed by atoms with Crippen LogP contribution in [0.5, 0.6) is 0 Å². The van der Waals surface area contributed by atoms with Crippen molar-refractivity contribution in [2.24, 2.45) is 0 Å². The Labute approximate surface area is 127 Å². The van der Waals surface area contributed by atoms with E-state index in [1.165, 1.54) is 44.6 Å². The van der Waals surface area contributed by atoms with Crippen LogP contribution in [0, 0.1) is 0 Å². The van der Waals surface area contributed by atoms with Crippen LogP contribution in [0.1, 0.15) is 65.2 Å². The van der Waals surface area contributed by atoms with Crippen molar-refractivity contribution in [1.82, 2.24) is 0 Å². The highest BCUT2D eigenvalue weighted by Gasteiger charge is 2.01. The minimum atomic E-state index is -0.263. The minimum absolute atomic E-state index is 0.203. The molecule has 0 aliphatic rings. The molecule has 0 unspecified atom stereocenters. The normalized spacial score (nSPS) is 11.1. The predicted molar refractivity (Wildman–Crippen MR) is 87.7 cm³/mol. The molecule has 0 aliphatic heterocycles. The Hall–Kier alpha value is -0.613. The van der Waals surface area contributed by atoms with Crippen LogP contribution in [0.15, 0.2) is 12.2 Å². The molecule has 0 aliphatic carbocycles. The summed E-state index contributed by atoms with van der Waals surface area (Å²) < 4.78 is 10.5.